The van der Waals surface area contributed by atoms with Crippen molar-refractivity contribution in [1.82, 2.24) is 4.90 Å². The SMILES string of the molecule is O=C(O)CN(CC1CC1)C(=O)c1cc2ccccc2c(=O)o1. The van der Waals surface area contributed by atoms with Crippen LogP contribution in [0.4, 0.5) is 0 Å². The number of hydrogen-bond acceptors (Lipinski definition) is 4. The van der Waals surface area contributed by atoms with Gasteiger partial charge in [0.1, 0.15) is 6.54 Å². The molecule has 1 fully saturated rings. The summed E-state index contributed by atoms with van der Waals surface area (Å²) in [7, 11) is 0. The molecule has 0 atom stereocenters. The molecule has 6 heteroatoms. The lowest BCUT2D eigenvalue weighted by atomic mass is 10.1. The van der Waals surface area contributed by atoms with E-state index >= 15 is 0 Å². The highest BCUT2D eigenvalue weighted by molar-refractivity contribution is 5.96. The van der Waals surface area contributed by atoms with Gasteiger partial charge in [-0.15, -0.1) is 0 Å². The zero-order chi connectivity index (χ0) is 15.7. The van der Waals surface area contributed by atoms with E-state index in [9.17, 15) is 14.4 Å². The molecule has 1 N–H and O–H groups in total. The number of benzene rings is 1. The van der Waals surface area contributed by atoms with Gasteiger partial charge in [0.05, 0.1) is 5.39 Å². The molecule has 114 valence electrons. The molecule has 22 heavy (non-hydrogen) atoms. The Morgan fingerprint density at radius 2 is 2.00 bits per heavy atom. The number of carbonyl (C=O) groups is 2. The van der Waals surface area contributed by atoms with Crippen molar-refractivity contribution in [1.29, 1.82) is 0 Å². The standard InChI is InChI=1S/C16H15NO5/c18-14(19)9-17(8-10-5-6-10)15(20)13-7-11-3-1-2-4-12(11)16(21)22-13/h1-4,7,10H,5-6,8-9H2,(H,18,19). The number of carbonyl (C=O) groups excluding carboxylic acids is 1. The molecular formula is C16H15NO5. The number of carboxylic acid groups (broad SMARTS) is 1. The smallest absolute Gasteiger partial charge is 0.344 e. The van der Waals surface area contributed by atoms with Gasteiger partial charge in [-0.2, -0.15) is 0 Å². The van der Waals surface area contributed by atoms with Crippen LogP contribution >= 0.6 is 0 Å². The highest BCUT2D eigenvalue weighted by atomic mass is 16.4. The van der Waals surface area contributed by atoms with Gasteiger partial charge in [-0.1, -0.05) is 18.2 Å². The number of fused-ring (bicyclic) bond motifs is 1. The van der Waals surface area contributed by atoms with Gasteiger partial charge >= 0.3 is 11.6 Å². The summed E-state index contributed by atoms with van der Waals surface area (Å²) in [5.41, 5.74) is -0.594. The van der Waals surface area contributed by atoms with E-state index in [1.54, 1.807) is 24.3 Å². The Kier molecular flexibility index (Phi) is 3.66. The summed E-state index contributed by atoms with van der Waals surface area (Å²) in [5, 5.41) is 9.95. The van der Waals surface area contributed by atoms with Gasteiger partial charge < -0.3 is 14.4 Å². The van der Waals surface area contributed by atoms with Crippen LogP contribution in [0.5, 0.6) is 0 Å². The van der Waals surface area contributed by atoms with Gasteiger partial charge in [0.15, 0.2) is 5.76 Å². The lowest BCUT2D eigenvalue weighted by Gasteiger charge is -2.19. The molecule has 0 saturated heterocycles. The third kappa shape index (κ3) is 3.00. The van der Waals surface area contributed by atoms with E-state index in [1.807, 2.05) is 0 Å². The Morgan fingerprint density at radius 3 is 2.68 bits per heavy atom. The molecule has 6 nitrogen and oxygen atoms in total. The fraction of sp³-hybridized carbons (Fsp3) is 0.312. The second-order valence-electron chi connectivity index (χ2n) is 5.51. The van der Waals surface area contributed by atoms with Crippen LogP contribution in [-0.2, 0) is 4.79 Å². The highest BCUT2D eigenvalue weighted by Crippen LogP contribution is 2.30. The monoisotopic (exact) mass is 301 g/mol. The molecule has 1 amide bonds. The van der Waals surface area contributed by atoms with Gasteiger partial charge in [-0.25, -0.2) is 4.79 Å². The van der Waals surface area contributed by atoms with Crippen molar-refractivity contribution >= 4 is 22.6 Å². The van der Waals surface area contributed by atoms with Crippen LogP contribution in [0.1, 0.15) is 23.4 Å². The van der Waals surface area contributed by atoms with Crippen molar-refractivity contribution in [2.75, 3.05) is 13.1 Å². The minimum atomic E-state index is -1.09. The van der Waals surface area contributed by atoms with Crippen LogP contribution in [-0.4, -0.2) is 35.0 Å². The Balaban J connectivity index is 1.94. The van der Waals surface area contributed by atoms with Crippen molar-refractivity contribution in [2.45, 2.75) is 12.8 Å². The zero-order valence-electron chi connectivity index (χ0n) is 11.8. The van der Waals surface area contributed by atoms with Crippen LogP contribution in [0, 0.1) is 5.92 Å². The van der Waals surface area contributed by atoms with Crippen LogP contribution in [0.15, 0.2) is 39.5 Å². The van der Waals surface area contributed by atoms with E-state index < -0.39 is 24.0 Å². The molecule has 1 aliphatic carbocycles. The molecule has 1 aliphatic rings. The summed E-state index contributed by atoms with van der Waals surface area (Å²) in [5.74, 6) is -1.42. The molecule has 1 saturated carbocycles. The molecule has 0 bridgehead atoms. The Labute approximate surface area is 126 Å². The van der Waals surface area contributed by atoms with Crippen molar-refractivity contribution < 1.29 is 19.1 Å². The molecule has 0 unspecified atom stereocenters. The predicted molar refractivity (Wildman–Crippen MR) is 78.7 cm³/mol. The fourth-order valence-corrected chi connectivity index (χ4v) is 2.39. The zero-order valence-corrected chi connectivity index (χ0v) is 11.8. The molecule has 1 aromatic carbocycles. The maximum absolute atomic E-state index is 12.5. The Bertz CT molecular complexity index is 790. The van der Waals surface area contributed by atoms with Crippen LogP contribution < -0.4 is 5.63 Å². The maximum Gasteiger partial charge on any atom is 0.344 e. The lowest BCUT2D eigenvalue weighted by Crippen LogP contribution is -2.37. The molecule has 0 radical (unpaired) electrons. The van der Waals surface area contributed by atoms with Crippen molar-refractivity contribution in [3.8, 4) is 0 Å². The third-order valence-corrected chi connectivity index (χ3v) is 3.67. The average molecular weight is 301 g/mol. The number of nitrogens with zero attached hydrogens (tertiary/aromatic N) is 1. The summed E-state index contributed by atoms with van der Waals surface area (Å²) >= 11 is 0. The molecule has 2 aromatic rings. The van der Waals surface area contributed by atoms with Crippen molar-refractivity contribution in [3.05, 3.63) is 46.5 Å². The van der Waals surface area contributed by atoms with E-state index in [2.05, 4.69) is 0 Å². The largest absolute Gasteiger partial charge is 0.480 e. The fourth-order valence-electron chi connectivity index (χ4n) is 2.39. The van der Waals surface area contributed by atoms with E-state index in [-0.39, 0.29) is 5.76 Å². The first kappa shape index (κ1) is 14.3. The third-order valence-electron chi connectivity index (χ3n) is 3.67. The molecule has 0 spiro atoms. The van der Waals surface area contributed by atoms with E-state index in [4.69, 9.17) is 9.52 Å². The first-order valence-electron chi connectivity index (χ1n) is 7.08. The molecule has 3 rings (SSSR count). The van der Waals surface area contributed by atoms with Gasteiger partial charge in [0, 0.05) is 6.54 Å². The lowest BCUT2D eigenvalue weighted by molar-refractivity contribution is -0.137. The maximum atomic E-state index is 12.5. The summed E-state index contributed by atoms with van der Waals surface area (Å²) < 4.78 is 5.08. The number of carboxylic acids is 1. The number of rotatable bonds is 5. The van der Waals surface area contributed by atoms with Gasteiger partial charge in [-0.05, 0) is 36.3 Å². The molecule has 1 heterocycles. The summed E-state index contributed by atoms with van der Waals surface area (Å²) in [6.45, 7) is -0.0203. The second-order valence-corrected chi connectivity index (χ2v) is 5.51. The Morgan fingerprint density at radius 1 is 1.27 bits per heavy atom. The topological polar surface area (TPSA) is 87.8 Å². The minimum absolute atomic E-state index is 0.120. The Hall–Kier alpha value is -2.63. The minimum Gasteiger partial charge on any atom is -0.480 e. The average Bonchev–Trinajstić information content (AvgIpc) is 3.29. The molecule has 0 aliphatic heterocycles. The quantitative estimate of drug-likeness (QED) is 0.908. The van der Waals surface area contributed by atoms with Crippen LogP contribution in [0.25, 0.3) is 10.8 Å². The van der Waals surface area contributed by atoms with Gasteiger partial charge in [0.2, 0.25) is 0 Å². The normalized spacial score (nSPS) is 14.0. The number of aliphatic carboxylic acids is 1. The predicted octanol–water partition coefficient (Wildman–Crippen LogP) is 1.73. The van der Waals surface area contributed by atoms with E-state index in [0.29, 0.717) is 23.2 Å². The molecular weight excluding hydrogens is 286 g/mol. The summed E-state index contributed by atoms with van der Waals surface area (Å²) in [4.78, 5) is 36.6. The van der Waals surface area contributed by atoms with Crippen LogP contribution in [0.3, 0.4) is 0 Å². The first-order chi connectivity index (χ1) is 10.5. The van der Waals surface area contributed by atoms with Gasteiger partial charge in [0.25, 0.3) is 5.91 Å². The second kappa shape index (κ2) is 5.63. The van der Waals surface area contributed by atoms with Crippen molar-refractivity contribution in [3.63, 3.8) is 0 Å². The summed E-state index contributed by atoms with van der Waals surface area (Å²) in [6, 6.07) is 8.29. The van der Waals surface area contributed by atoms with Crippen LogP contribution in [0.2, 0.25) is 0 Å². The number of hydrogen-bond donors (Lipinski definition) is 1. The van der Waals surface area contributed by atoms with E-state index in [0.717, 1.165) is 12.8 Å². The highest BCUT2D eigenvalue weighted by Gasteiger charge is 2.29. The van der Waals surface area contributed by atoms with Gasteiger partial charge in [-0.3, -0.25) is 9.59 Å². The first-order valence-corrected chi connectivity index (χ1v) is 7.08. The number of amides is 1. The van der Waals surface area contributed by atoms with E-state index in [1.165, 1.54) is 11.0 Å². The molecule has 1 aromatic heterocycles. The van der Waals surface area contributed by atoms with Crippen molar-refractivity contribution in [2.24, 2.45) is 5.92 Å². The summed E-state index contributed by atoms with van der Waals surface area (Å²) in [6.07, 6.45) is 1.98.